The van der Waals surface area contributed by atoms with Crippen LogP contribution < -0.4 is 10.3 Å². The smallest absolute Gasteiger partial charge is 0.343 e. The molecule has 178 valence electrons. The molecule has 34 heavy (non-hydrogen) atoms. The van der Waals surface area contributed by atoms with E-state index in [-0.39, 0.29) is 17.0 Å². The highest BCUT2D eigenvalue weighted by Crippen LogP contribution is 2.38. The standard InChI is InChI=1S/C27H30FN3O3/c1-34-27(33)22-18-31(20-9-10-20)24-17-25(23(28)16-21(24)26(22)32)30-14-12-29(13-15-30)11-5-8-19-6-3-2-4-7-19/h2-4,6-7,16-18,20H,5,8-15H2,1H3. The van der Waals surface area contributed by atoms with Gasteiger partial charge in [-0.3, -0.25) is 9.69 Å². The number of benzene rings is 2. The normalized spacial score (nSPS) is 16.7. The molecule has 1 saturated carbocycles. The number of ether oxygens (including phenoxy) is 1. The number of esters is 1. The quantitative estimate of drug-likeness (QED) is 0.496. The first-order valence-electron chi connectivity index (χ1n) is 12.0. The summed E-state index contributed by atoms with van der Waals surface area (Å²) in [5, 5.41) is 0.232. The predicted octanol–water partition coefficient (Wildman–Crippen LogP) is 4.02. The van der Waals surface area contributed by atoms with Crippen molar-refractivity contribution in [3.63, 3.8) is 0 Å². The number of fused-ring (bicyclic) bond motifs is 1. The average molecular weight is 464 g/mol. The van der Waals surface area contributed by atoms with Gasteiger partial charge in [-0.1, -0.05) is 30.3 Å². The molecular formula is C27H30FN3O3. The van der Waals surface area contributed by atoms with Gasteiger partial charge in [-0.25, -0.2) is 9.18 Å². The van der Waals surface area contributed by atoms with Crippen molar-refractivity contribution >= 4 is 22.6 Å². The number of rotatable bonds is 7. The van der Waals surface area contributed by atoms with Crippen LogP contribution in [-0.4, -0.2) is 55.3 Å². The summed E-state index contributed by atoms with van der Waals surface area (Å²) in [7, 11) is 1.25. The number of aryl methyl sites for hydroxylation is 1. The van der Waals surface area contributed by atoms with Gasteiger partial charge in [0.25, 0.3) is 0 Å². The molecule has 1 aromatic heterocycles. The summed E-state index contributed by atoms with van der Waals surface area (Å²) < 4.78 is 21.9. The monoisotopic (exact) mass is 463 g/mol. The van der Waals surface area contributed by atoms with Gasteiger partial charge in [0.1, 0.15) is 11.4 Å². The maximum Gasteiger partial charge on any atom is 0.343 e. The zero-order chi connectivity index (χ0) is 23.7. The van der Waals surface area contributed by atoms with Crippen molar-refractivity contribution in [1.29, 1.82) is 0 Å². The van der Waals surface area contributed by atoms with E-state index in [1.165, 1.54) is 18.7 Å². The molecular weight excluding hydrogens is 433 g/mol. The number of nitrogens with zero attached hydrogens (tertiary/aromatic N) is 3. The molecule has 0 N–H and O–H groups in total. The van der Waals surface area contributed by atoms with Crippen LogP contribution in [-0.2, 0) is 11.2 Å². The van der Waals surface area contributed by atoms with Gasteiger partial charge in [0.15, 0.2) is 0 Å². The number of anilines is 1. The van der Waals surface area contributed by atoms with Gasteiger partial charge in [-0.15, -0.1) is 0 Å². The number of pyridine rings is 1. The van der Waals surface area contributed by atoms with Crippen molar-refractivity contribution in [2.75, 3.05) is 44.7 Å². The molecule has 2 heterocycles. The van der Waals surface area contributed by atoms with Gasteiger partial charge in [-0.05, 0) is 49.9 Å². The van der Waals surface area contributed by atoms with E-state index in [9.17, 15) is 9.59 Å². The fourth-order valence-electron chi connectivity index (χ4n) is 4.87. The lowest BCUT2D eigenvalue weighted by molar-refractivity contribution is 0.0598. The Hall–Kier alpha value is -3.19. The Morgan fingerprint density at radius 2 is 1.82 bits per heavy atom. The van der Waals surface area contributed by atoms with Gasteiger partial charge < -0.3 is 14.2 Å². The summed E-state index contributed by atoms with van der Waals surface area (Å²) in [6.07, 6.45) is 5.71. The Labute approximate surface area is 198 Å². The Morgan fingerprint density at radius 3 is 2.50 bits per heavy atom. The molecule has 0 atom stereocenters. The van der Waals surface area contributed by atoms with Crippen molar-refractivity contribution in [3.8, 4) is 0 Å². The summed E-state index contributed by atoms with van der Waals surface area (Å²) in [5.74, 6) is -1.11. The van der Waals surface area contributed by atoms with E-state index in [0.717, 1.165) is 58.4 Å². The summed E-state index contributed by atoms with van der Waals surface area (Å²) in [5.41, 5.74) is 2.04. The number of carbonyl (C=O) groups excluding carboxylic acids is 1. The molecule has 1 aliphatic carbocycles. The number of hydrogen-bond donors (Lipinski definition) is 0. The van der Waals surface area contributed by atoms with Crippen LogP contribution in [0.3, 0.4) is 0 Å². The van der Waals surface area contributed by atoms with E-state index in [0.29, 0.717) is 11.2 Å². The second kappa shape index (κ2) is 9.58. The number of methoxy groups -OCH3 is 1. The van der Waals surface area contributed by atoms with E-state index < -0.39 is 17.2 Å². The maximum atomic E-state index is 15.2. The molecule has 0 spiro atoms. The minimum absolute atomic E-state index is 0.0434. The Bertz CT molecular complexity index is 1250. The van der Waals surface area contributed by atoms with Gasteiger partial charge in [0.2, 0.25) is 5.43 Å². The van der Waals surface area contributed by atoms with Gasteiger partial charge >= 0.3 is 5.97 Å². The third kappa shape index (κ3) is 4.57. The van der Waals surface area contributed by atoms with E-state index in [4.69, 9.17) is 4.74 Å². The second-order valence-electron chi connectivity index (χ2n) is 9.24. The summed E-state index contributed by atoms with van der Waals surface area (Å²) in [4.78, 5) is 29.5. The molecule has 2 aliphatic rings. The highest BCUT2D eigenvalue weighted by atomic mass is 19.1. The van der Waals surface area contributed by atoms with Crippen molar-refractivity contribution < 1.29 is 13.9 Å². The molecule has 0 amide bonds. The highest BCUT2D eigenvalue weighted by molar-refractivity contribution is 5.94. The lowest BCUT2D eigenvalue weighted by Gasteiger charge is -2.36. The molecule has 2 aromatic carbocycles. The number of hydrogen-bond acceptors (Lipinski definition) is 5. The van der Waals surface area contributed by atoms with Crippen molar-refractivity contribution in [3.05, 3.63) is 75.8 Å². The second-order valence-corrected chi connectivity index (χ2v) is 9.24. The third-order valence-electron chi connectivity index (χ3n) is 6.94. The SMILES string of the molecule is COC(=O)c1cn(C2CC2)c2cc(N3CCN(CCCc4ccccc4)CC3)c(F)cc2c1=O. The number of carbonyl (C=O) groups is 1. The first-order valence-corrected chi connectivity index (χ1v) is 12.0. The summed E-state index contributed by atoms with van der Waals surface area (Å²) in [6, 6.07) is 13.8. The molecule has 7 heteroatoms. The molecule has 0 radical (unpaired) electrons. The minimum Gasteiger partial charge on any atom is -0.465 e. The average Bonchev–Trinajstić information content (AvgIpc) is 3.70. The van der Waals surface area contributed by atoms with Crippen LogP contribution in [0.25, 0.3) is 10.9 Å². The maximum absolute atomic E-state index is 15.2. The molecule has 5 rings (SSSR count). The van der Waals surface area contributed by atoms with Crippen LogP contribution >= 0.6 is 0 Å². The van der Waals surface area contributed by atoms with Crippen molar-refractivity contribution in [2.45, 2.75) is 31.7 Å². The van der Waals surface area contributed by atoms with E-state index >= 15 is 4.39 Å². The predicted molar refractivity (Wildman–Crippen MR) is 131 cm³/mol. The van der Waals surface area contributed by atoms with Crippen LogP contribution in [0.1, 0.15) is 41.2 Å². The Kier molecular flexibility index (Phi) is 6.37. The first-order chi connectivity index (χ1) is 16.5. The van der Waals surface area contributed by atoms with Crippen LogP contribution in [0, 0.1) is 5.82 Å². The molecule has 0 unspecified atom stereocenters. The molecule has 0 bridgehead atoms. The van der Waals surface area contributed by atoms with Crippen molar-refractivity contribution in [2.24, 2.45) is 0 Å². The molecule has 1 saturated heterocycles. The van der Waals surface area contributed by atoms with Crippen LogP contribution in [0.2, 0.25) is 0 Å². The number of piperazine rings is 1. The summed E-state index contributed by atoms with van der Waals surface area (Å²) >= 11 is 0. The Morgan fingerprint density at radius 1 is 1.09 bits per heavy atom. The van der Waals surface area contributed by atoms with Gasteiger partial charge in [0, 0.05) is 43.8 Å². The zero-order valence-electron chi connectivity index (χ0n) is 19.5. The molecule has 2 fully saturated rings. The number of halogens is 1. The van der Waals surface area contributed by atoms with Crippen LogP contribution in [0.4, 0.5) is 10.1 Å². The minimum atomic E-state index is -0.686. The van der Waals surface area contributed by atoms with Gasteiger partial charge in [0.05, 0.1) is 18.3 Å². The fourth-order valence-corrected chi connectivity index (χ4v) is 4.87. The molecule has 3 aromatic rings. The first kappa shape index (κ1) is 22.6. The van der Waals surface area contributed by atoms with Crippen LogP contribution in [0.5, 0.6) is 0 Å². The van der Waals surface area contributed by atoms with Crippen LogP contribution in [0.15, 0.2) is 53.5 Å². The van der Waals surface area contributed by atoms with Crippen molar-refractivity contribution in [1.82, 2.24) is 9.47 Å². The molecule has 6 nitrogen and oxygen atoms in total. The zero-order valence-corrected chi connectivity index (χ0v) is 19.5. The van der Waals surface area contributed by atoms with E-state index in [2.05, 4.69) is 34.1 Å². The largest absolute Gasteiger partial charge is 0.465 e. The fraction of sp³-hybridized carbons (Fsp3) is 0.407. The molecule has 1 aliphatic heterocycles. The summed E-state index contributed by atoms with van der Waals surface area (Å²) in [6.45, 7) is 4.26. The lowest BCUT2D eigenvalue weighted by atomic mass is 10.1. The topological polar surface area (TPSA) is 54.8 Å². The van der Waals surface area contributed by atoms with E-state index in [1.54, 1.807) is 12.3 Å². The third-order valence-corrected chi connectivity index (χ3v) is 6.94. The number of aromatic nitrogens is 1. The lowest BCUT2D eigenvalue weighted by Crippen LogP contribution is -2.47. The Balaban J connectivity index is 1.32. The van der Waals surface area contributed by atoms with E-state index in [1.807, 2.05) is 10.6 Å². The highest BCUT2D eigenvalue weighted by Gasteiger charge is 2.28. The van der Waals surface area contributed by atoms with Gasteiger partial charge in [-0.2, -0.15) is 0 Å².